The number of nitrogens with zero attached hydrogens (tertiary/aromatic N) is 1. The molecule has 0 bridgehead atoms. The van der Waals surface area contributed by atoms with Crippen LogP contribution < -0.4 is 9.47 Å². The Balaban J connectivity index is 2.15. The molecule has 0 saturated carbocycles. The van der Waals surface area contributed by atoms with Gasteiger partial charge in [0.05, 0.1) is 20.3 Å². The number of amides is 1. The Morgan fingerprint density at radius 1 is 1.22 bits per heavy atom. The van der Waals surface area contributed by atoms with E-state index in [1.54, 1.807) is 14.2 Å². The Labute approximate surface area is 136 Å². The molecular weight excluding hydrogens is 298 g/mol. The number of fused-ring (bicyclic) bond motifs is 1. The lowest BCUT2D eigenvalue weighted by atomic mass is 9.92. The highest BCUT2D eigenvalue weighted by Gasteiger charge is 2.28. The molecule has 23 heavy (non-hydrogen) atoms. The fourth-order valence-electron chi connectivity index (χ4n) is 3.02. The monoisotopic (exact) mass is 321 g/mol. The Hall–Kier alpha value is -2.24. The summed E-state index contributed by atoms with van der Waals surface area (Å²) in [6.45, 7) is 2.62. The van der Waals surface area contributed by atoms with Gasteiger partial charge in [-0.1, -0.05) is 0 Å². The van der Waals surface area contributed by atoms with Gasteiger partial charge in [-0.3, -0.25) is 9.59 Å². The number of carboxylic acids is 1. The molecule has 1 atom stereocenters. The van der Waals surface area contributed by atoms with E-state index in [4.69, 9.17) is 14.6 Å². The van der Waals surface area contributed by atoms with E-state index in [9.17, 15) is 9.59 Å². The van der Waals surface area contributed by atoms with Crippen LogP contribution in [0.1, 0.15) is 43.4 Å². The number of methoxy groups -OCH3 is 2. The van der Waals surface area contributed by atoms with Gasteiger partial charge in [-0.15, -0.1) is 0 Å². The van der Waals surface area contributed by atoms with Gasteiger partial charge in [-0.05, 0) is 43.0 Å². The first kappa shape index (κ1) is 17.1. The number of hydrogen-bond donors (Lipinski definition) is 1. The molecule has 0 fully saturated rings. The van der Waals surface area contributed by atoms with Crippen LogP contribution in [-0.2, 0) is 16.0 Å². The van der Waals surface area contributed by atoms with Gasteiger partial charge in [-0.2, -0.15) is 0 Å². The van der Waals surface area contributed by atoms with Crippen LogP contribution >= 0.6 is 0 Å². The van der Waals surface area contributed by atoms with Crippen molar-refractivity contribution in [2.24, 2.45) is 0 Å². The second-order valence-electron chi connectivity index (χ2n) is 5.67. The summed E-state index contributed by atoms with van der Waals surface area (Å²) in [5.41, 5.74) is 2.21. The van der Waals surface area contributed by atoms with Crippen LogP contribution in [0.4, 0.5) is 0 Å². The number of carbonyl (C=O) groups is 2. The summed E-state index contributed by atoms with van der Waals surface area (Å²) in [6, 6.07) is 3.84. The minimum absolute atomic E-state index is 0.000755. The van der Waals surface area contributed by atoms with Crippen LogP contribution in [0.2, 0.25) is 0 Å². The van der Waals surface area contributed by atoms with Gasteiger partial charge in [0.25, 0.3) is 0 Å². The second kappa shape index (κ2) is 7.35. The molecule has 2 rings (SSSR count). The summed E-state index contributed by atoms with van der Waals surface area (Å²) in [5, 5.41) is 8.68. The topological polar surface area (TPSA) is 76.1 Å². The Morgan fingerprint density at radius 2 is 1.87 bits per heavy atom. The Kier molecular flexibility index (Phi) is 5.47. The molecule has 0 unspecified atom stereocenters. The van der Waals surface area contributed by atoms with E-state index in [1.807, 2.05) is 24.0 Å². The van der Waals surface area contributed by atoms with Gasteiger partial charge in [0.2, 0.25) is 5.91 Å². The van der Waals surface area contributed by atoms with Crippen molar-refractivity contribution in [3.8, 4) is 11.5 Å². The normalized spacial score (nSPS) is 16.7. The molecule has 0 radical (unpaired) electrons. The first-order chi connectivity index (χ1) is 11.0. The average Bonchev–Trinajstić information content (AvgIpc) is 2.53. The first-order valence-corrected chi connectivity index (χ1v) is 7.74. The zero-order chi connectivity index (χ0) is 17.0. The van der Waals surface area contributed by atoms with E-state index < -0.39 is 5.97 Å². The van der Waals surface area contributed by atoms with Crippen molar-refractivity contribution >= 4 is 11.9 Å². The molecule has 126 valence electrons. The van der Waals surface area contributed by atoms with Crippen molar-refractivity contribution in [2.75, 3.05) is 20.8 Å². The average molecular weight is 321 g/mol. The Bertz CT molecular complexity index is 599. The van der Waals surface area contributed by atoms with Gasteiger partial charge in [0.1, 0.15) is 0 Å². The molecule has 1 N–H and O–H groups in total. The number of benzene rings is 1. The highest BCUT2D eigenvalue weighted by Crippen LogP contribution is 2.38. The van der Waals surface area contributed by atoms with Crippen LogP contribution in [0.3, 0.4) is 0 Å². The highest BCUT2D eigenvalue weighted by molar-refractivity contribution is 5.78. The van der Waals surface area contributed by atoms with E-state index in [1.165, 1.54) is 0 Å². The van der Waals surface area contributed by atoms with Crippen LogP contribution in [0.25, 0.3) is 0 Å². The predicted octanol–water partition coefficient (Wildman–Crippen LogP) is 2.40. The van der Waals surface area contributed by atoms with Crippen molar-refractivity contribution in [3.05, 3.63) is 23.3 Å². The van der Waals surface area contributed by atoms with Crippen molar-refractivity contribution in [3.63, 3.8) is 0 Å². The molecule has 1 aromatic rings. The van der Waals surface area contributed by atoms with Crippen LogP contribution in [0.15, 0.2) is 12.1 Å². The molecule has 0 aromatic heterocycles. The molecule has 1 heterocycles. The maximum Gasteiger partial charge on any atom is 0.303 e. The lowest BCUT2D eigenvalue weighted by Gasteiger charge is -2.36. The van der Waals surface area contributed by atoms with Crippen molar-refractivity contribution < 1.29 is 24.2 Å². The number of carboxylic acid groups (broad SMARTS) is 1. The highest BCUT2D eigenvalue weighted by atomic mass is 16.5. The lowest BCUT2D eigenvalue weighted by Crippen LogP contribution is -2.38. The van der Waals surface area contributed by atoms with Gasteiger partial charge in [0, 0.05) is 19.4 Å². The minimum atomic E-state index is -0.869. The maximum atomic E-state index is 12.4. The molecule has 1 aliphatic heterocycles. The quantitative estimate of drug-likeness (QED) is 0.870. The molecule has 6 nitrogen and oxygen atoms in total. The molecule has 1 amide bonds. The molecule has 1 aliphatic rings. The third kappa shape index (κ3) is 3.75. The van der Waals surface area contributed by atoms with E-state index >= 15 is 0 Å². The summed E-state index contributed by atoms with van der Waals surface area (Å²) in [4.78, 5) is 24.7. The van der Waals surface area contributed by atoms with Gasteiger partial charge in [0.15, 0.2) is 11.5 Å². The van der Waals surface area contributed by atoms with Crippen molar-refractivity contribution in [1.82, 2.24) is 4.90 Å². The fraction of sp³-hybridized carbons (Fsp3) is 0.529. The number of rotatable bonds is 6. The van der Waals surface area contributed by atoms with Crippen LogP contribution in [0.5, 0.6) is 11.5 Å². The molecule has 6 heteroatoms. The number of aliphatic carboxylic acids is 1. The number of hydrogen-bond acceptors (Lipinski definition) is 4. The summed E-state index contributed by atoms with van der Waals surface area (Å²) < 4.78 is 10.7. The van der Waals surface area contributed by atoms with Crippen molar-refractivity contribution in [2.45, 2.75) is 38.6 Å². The number of carbonyl (C=O) groups excluding carboxylic acids is 1. The van der Waals surface area contributed by atoms with Crippen LogP contribution in [-0.4, -0.2) is 42.6 Å². The Morgan fingerprint density at radius 3 is 2.48 bits per heavy atom. The SMILES string of the molecule is COc1cc2c(cc1OC)[C@H](C)N(C(=O)CCCC(=O)O)CC2. The summed E-state index contributed by atoms with van der Waals surface area (Å²) in [5.74, 6) is 0.476. The first-order valence-electron chi connectivity index (χ1n) is 7.74. The lowest BCUT2D eigenvalue weighted by molar-refractivity contribution is -0.137. The summed E-state index contributed by atoms with van der Waals surface area (Å²) in [6.07, 6.45) is 1.41. The molecule has 0 aliphatic carbocycles. The molecule has 0 saturated heterocycles. The van der Waals surface area contributed by atoms with Gasteiger partial charge < -0.3 is 19.5 Å². The zero-order valence-electron chi connectivity index (χ0n) is 13.8. The summed E-state index contributed by atoms with van der Waals surface area (Å²) in [7, 11) is 3.20. The number of ether oxygens (including phenoxy) is 2. The van der Waals surface area contributed by atoms with Gasteiger partial charge in [-0.25, -0.2) is 0 Å². The minimum Gasteiger partial charge on any atom is -0.493 e. The van der Waals surface area contributed by atoms with E-state index in [-0.39, 0.29) is 24.8 Å². The zero-order valence-corrected chi connectivity index (χ0v) is 13.8. The maximum absolute atomic E-state index is 12.4. The van der Waals surface area contributed by atoms with E-state index in [0.29, 0.717) is 24.5 Å². The molecule has 0 spiro atoms. The molecular formula is C17H23NO5. The van der Waals surface area contributed by atoms with E-state index in [0.717, 1.165) is 17.5 Å². The third-order valence-electron chi connectivity index (χ3n) is 4.29. The van der Waals surface area contributed by atoms with E-state index in [2.05, 4.69) is 0 Å². The standard InChI is InChI=1S/C17H23NO5/c1-11-13-10-15(23-3)14(22-2)9-12(13)7-8-18(11)16(19)5-4-6-17(20)21/h9-11H,4-8H2,1-3H3,(H,20,21)/t11-/m0/s1. The van der Waals surface area contributed by atoms with Gasteiger partial charge >= 0.3 is 5.97 Å². The third-order valence-corrected chi connectivity index (χ3v) is 4.29. The fourth-order valence-corrected chi connectivity index (χ4v) is 3.02. The summed E-state index contributed by atoms with van der Waals surface area (Å²) >= 11 is 0. The largest absolute Gasteiger partial charge is 0.493 e. The second-order valence-corrected chi connectivity index (χ2v) is 5.67. The predicted molar refractivity (Wildman–Crippen MR) is 84.9 cm³/mol. The smallest absolute Gasteiger partial charge is 0.303 e. The van der Waals surface area contributed by atoms with Crippen molar-refractivity contribution in [1.29, 1.82) is 0 Å². The van der Waals surface area contributed by atoms with Crippen LogP contribution in [0, 0.1) is 0 Å². The molecule has 1 aromatic carbocycles.